The van der Waals surface area contributed by atoms with Gasteiger partial charge < -0.3 is 9.05 Å². The minimum Gasteiger partial charge on any atom is -0.312 e. The molecule has 6 aliphatic carbocycles. The highest BCUT2D eigenvalue weighted by molar-refractivity contribution is 7.55. The van der Waals surface area contributed by atoms with Crippen LogP contribution in [0.2, 0.25) is 0 Å². The molecule has 0 atom stereocenters. The molecular formula is C19H25O3P. The Hall–Kier alpha value is -0.630. The van der Waals surface area contributed by atoms with Gasteiger partial charge in [0.15, 0.2) is 0 Å². The molecule has 6 fully saturated rings. The van der Waals surface area contributed by atoms with Gasteiger partial charge in [-0.1, -0.05) is 30.3 Å². The lowest BCUT2D eigenvalue weighted by atomic mass is 9.19. The van der Waals surface area contributed by atoms with E-state index in [1.54, 1.807) is 0 Å². The van der Waals surface area contributed by atoms with Crippen molar-refractivity contribution in [1.29, 1.82) is 0 Å². The van der Waals surface area contributed by atoms with Crippen LogP contribution in [0.25, 0.3) is 0 Å². The molecule has 0 amide bonds. The molecule has 1 aromatic carbocycles. The molecule has 7 rings (SSSR count). The van der Waals surface area contributed by atoms with Crippen molar-refractivity contribution in [3.8, 4) is 0 Å². The molecule has 6 aliphatic rings. The zero-order valence-corrected chi connectivity index (χ0v) is 14.9. The fourth-order valence-electron chi connectivity index (χ4n) is 6.83. The van der Waals surface area contributed by atoms with Crippen molar-refractivity contribution in [2.45, 2.75) is 50.1 Å². The highest BCUT2D eigenvalue weighted by atomic mass is 31.2. The van der Waals surface area contributed by atoms with Gasteiger partial charge in [0, 0.05) is 14.2 Å². The molecule has 124 valence electrons. The lowest BCUT2D eigenvalue weighted by Crippen LogP contribution is -2.81. The van der Waals surface area contributed by atoms with E-state index in [-0.39, 0.29) is 5.16 Å². The molecule has 6 saturated carbocycles. The van der Waals surface area contributed by atoms with Gasteiger partial charge in [-0.2, -0.15) is 0 Å². The highest BCUT2D eigenvalue weighted by Crippen LogP contribution is 2.95. The van der Waals surface area contributed by atoms with Crippen molar-refractivity contribution in [3.63, 3.8) is 0 Å². The first kappa shape index (κ1) is 14.7. The van der Waals surface area contributed by atoms with Gasteiger partial charge in [-0.3, -0.25) is 4.57 Å². The quantitative estimate of drug-likeness (QED) is 0.701. The van der Waals surface area contributed by atoms with Gasteiger partial charge >= 0.3 is 7.60 Å². The van der Waals surface area contributed by atoms with Crippen LogP contribution in [0.5, 0.6) is 0 Å². The van der Waals surface area contributed by atoms with E-state index >= 15 is 0 Å². The Labute approximate surface area is 138 Å². The molecule has 0 aliphatic heterocycles. The van der Waals surface area contributed by atoms with Crippen LogP contribution in [0.3, 0.4) is 0 Å². The van der Waals surface area contributed by atoms with Gasteiger partial charge in [0.05, 0.1) is 5.16 Å². The average molecular weight is 332 g/mol. The van der Waals surface area contributed by atoms with Crippen molar-refractivity contribution >= 4 is 7.60 Å². The molecule has 3 nitrogen and oxygen atoms in total. The van der Waals surface area contributed by atoms with E-state index in [0.717, 1.165) is 19.3 Å². The van der Waals surface area contributed by atoms with Crippen LogP contribution >= 0.6 is 7.60 Å². The van der Waals surface area contributed by atoms with Gasteiger partial charge in [0.1, 0.15) is 0 Å². The summed E-state index contributed by atoms with van der Waals surface area (Å²) in [6.45, 7) is 0. The average Bonchev–Trinajstić information content (AvgIpc) is 2.41. The maximum absolute atomic E-state index is 12.7. The van der Waals surface area contributed by atoms with Gasteiger partial charge in [-0.15, -0.1) is 0 Å². The minimum atomic E-state index is -2.88. The fourth-order valence-corrected chi connectivity index (χ4v) is 9.24. The Morgan fingerprint density at radius 3 is 1.96 bits per heavy atom. The first-order chi connectivity index (χ1) is 10.9. The Morgan fingerprint density at radius 1 is 0.913 bits per heavy atom. The molecule has 0 saturated heterocycles. The minimum absolute atomic E-state index is 0.140. The summed E-state index contributed by atoms with van der Waals surface area (Å²) < 4.78 is 23.3. The van der Waals surface area contributed by atoms with E-state index in [0.29, 0.717) is 16.2 Å². The van der Waals surface area contributed by atoms with Gasteiger partial charge in [0.2, 0.25) is 0 Å². The van der Waals surface area contributed by atoms with Gasteiger partial charge in [-0.05, 0) is 66.8 Å². The third kappa shape index (κ3) is 1.53. The van der Waals surface area contributed by atoms with Crippen LogP contribution in [-0.2, 0) is 20.0 Å². The highest BCUT2D eigenvalue weighted by Gasteiger charge is 2.87. The Morgan fingerprint density at radius 2 is 1.43 bits per heavy atom. The molecule has 0 N–H and O–H groups in total. The lowest BCUT2D eigenvalue weighted by molar-refractivity contribution is -0.344. The first-order valence-electron chi connectivity index (χ1n) is 8.70. The van der Waals surface area contributed by atoms with E-state index in [1.807, 2.05) is 0 Å². The number of hydrogen-bond acceptors (Lipinski definition) is 3. The first-order valence-corrected chi connectivity index (χ1v) is 10.2. The summed E-state index contributed by atoms with van der Waals surface area (Å²) in [4.78, 5) is 0. The second kappa shape index (κ2) is 4.12. The lowest BCUT2D eigenvalue weighted by Gasteiger charge is -2.87. The molecule has 23 heavy (non-hydrogen) atoms. The zero-order chi connectivity index (χ0) is 16.0. The summed E-state index contributed by atoms with van der Waals surface area (Å²) in [6, 6.07) is 10.9. The summed E-state index contributed by atoms with van der Waals surface area (Å²) >= 11 is 0. The van der Waals surface area contributed by atoms with Crippen LogP contribution in [0.4, 0.5) is 0 Å². The SMILES string of the molecule is COP(=O)(OC)C12CC(C34CC(Cc5ccccc5)(C3)C4)(C1)C2. The summed E-state index contributed by atoms with van der Waals surface area (Å²) in [5.41, 5.74) is 3.10. The summed E-state index contributed by atoms with van der Waals surface area (Å²) in [5, 5.41) is -0.140. The smallest absolute Gasteiger partial charge is 0.312 e. The van der Waals surface area contributed by atoms with E-state index in [4.69, 9.17) is 9.05 Å². The van der Waals surface area contributed by atoms with Crippen LogP contribution in [0.1, 0.15) is 44.1 Å². The third-order valence-electron chi connectivity index (χ3n) is 7.75. The molecule has 0 heterocycles. The molecule has 0 radical (unpaired) electrons. The Kier molecular flexibility index (Phi) is 2.63. The fraction of sp³-hybridized carbons (Fsp3) is 0.684. The maximum atomic E-state index is 12.7. The van der Waals surface area contributed by atoms with Crippen LogP contribution in [-0.4, -0.2) is 19.4 Å². The van der Waals surface area contributed by atoms with E-state index in [1.165, 1.54) is 45.5 Å². The monoisotopic (exact) mass is 332 g/mol. The van der Waals surface area contributed by atoms with Crippen LogP contribution in [0, 0.1) is 16.2 Å². The molecule has 1 aromatic rings. The van der Waals surface area contributed by atoms with Crippen LogP contribution < -0.4 is 0 Å². The van der Waals surface area contributed by atoms with Crippen LogP contribution in [0.15, 0.2) is 30.3 Å². The molecule has 4 bridgehead atoms. The maximum Gasteiger partial charge on any atom is 0.336 e. The van der Waals surface area contributed by atoms with Gasteiger partial charge in [-0.25, -0.2) is 0 Å². The van der Waals surface area contributed by atoms with E-state index < -0.39 is 7.60 Å². The predicted molar refractivity (Wildman–Crippen MR) is 89.5 cm³/mol. The normalized spacial score (nSPS) is 46.2. The van der Waals surface area contributed by atoms with Crippen molar-refractivity contribution in [3.05, 3.63) is 35.9 Å². The predicted octanol–water partition coefficient (Wildman–Crippen LogP) is 4.81. The zero-order valence-electron chi connectivity index (χ0n) is 14.0. The second-order valence-electron chi connectivity index (χ2n) is 8.87. The summed E-state index contributed by atoms with van der Waals surface area (Å²) in [5.74, 6) is 0. The standard InChI is InChI=1S/C19H25O3P/c1-21-23(20,22-2)19-12-18(13-19,14-19)17-9-16(10-17,11-17)8-15-6-4-3-5-7-15/h3-7H,8-14H2,1-2H3. The van der Waals surface area contributed by atoms with E-state index in [9.17, 15) is 4.57 Å². The number of hydrogen-bond donors (Lipinski definition) is 0. The number of rotatable bonds is 6. The molecule has 0 unspecified atom stereocenters. The number of benzene rings is 1. The third-order valence-corrected chi connectivity index (χ3v) is 10.3. The Bertz CT molecular complexity index is 663. The topological polar surface area (TPSA) is 35.5 Å². The van der Waals surface area contributed by atoms with Crippen molar-refractivity contribution < 1.29 is 13.6 Å². The summed E-state index contributed by atoms with van der Waals surface area (Å²) in [7, 11) is 0.186. The van der Waals surface area contributed by atoms with Gasteiger partial charge in [0.25, 0.3) is 0 Å². The molecule has 0 aromatic heterocycles. The second-order valence-corrected chi connectivity index (χ2v) is 11.5. The Balaban J connectivity index is 1.25. The summed E-state index contributed by atoms with van der Waals surface area (Å²) in [6.07, 6.45) is 8.60. The van der Waals surface area contributed by atoms with Crippen molar-refractivity contribution in [2.75, 3.05) is 14.2 Å². The molecular weight excluding hydrogens is 307 g/mol. The largest absolute Gasteiger partial charge is 0.336 e. The van der Waals surface area contributed by atoms with Crippen molar-refractivity contribution in [2.24, 2.45) is 16.2 Å². The van der Waals surface area contributed by atoms with E-state index in [2.05, 4.69) is 30.3 Å². The molecule has 4 heteroatoms. The molecule has 0 spiro atoms. The van der Waals surface area contributed by atoms with Crippen molar-refractivity contribution in [1.82, 2.24) is 0 Å².